The molecule has 21 aromatic rings. The first-order chi connectivity index (χ1) is 58.1. The molecule has 8 nitrogen and oxygen atoms in total. The highest BCUT2D eigenvalue weighted by atomic mass is 16.4. The predicted molar refractivity (Wildman–Crippen MR) is 478 cm³/mol. The van der Waals surface area contributed by atoms with Gasteiger partial charge in [-0.15, -0.1) is 0 Å². The molecule has 0 amide bonds. The number of rotatable bonds is 13. The van der Waals surface area contributed by atoms with Crippen LogP contribution in [0.2, 0.25) is 0 Å². The molecule has 0 atom stereocenters. The van der Waals surface area contributed by atoms with E-state index in [2.05, 4.69) is 317 Å². The molecule has 4 heterocycles. The lowest BCUT2D eigenvalue weighted by Gasteiger charge is -2.34. The summed E-state index contributed by atoms with van der Waals surface area (Å²) < 4.78 is 24.5. The standard InChI is InChI=1S/C57H36N2O2.C53H36N2O2/c1-3-13-45(14-4-1)57(46-15-5-2-6-16-46)49-18-8-7-17-47(49)48-32-31-41(36-50(48)57)44-34-42(37-23-27-39(28-24-37)55-58-51-19-9-11-21-53(51)60-55)33-43(35-44)38-25-29-40(30-26-38)56-59-52-20-10-12-22-54(52)61-56;1-53(2)45-31-38(33-10-4-3-5-11-33)24-26-43(45)44-27-25-39(32-46(44)53)42-29-40(34-16-20-36(21-17-34)51-54-47-12-6-8-14-49(47)56-51)28-41(30-42)35-18-22-37(23-19-35)52-55-48-13-7-9-15-50(48)57-52/h1-36H;3-32H,1-2H3. The molecular weight excluding hydrogens is 1440 g/mol. The van der Waals surface area contributed by atoms with Crippen molar-refractivity contribution in [1.29, 1.82) is 0 Å². The minimum Gasteiger partial charge on any atom is -0.436 e. The maximum atomic E-state index is 6.13. The van der Waals surface area contributed by atoms with E-state index in [9.17, 15) is 0 Å². The van der Waals surface area contributed by atoms with E-state index in [0.29, 0.717) is 23.6 Å². The van der Waals surface area contributed by atoms with Gasteiger partial charge < -0.3 is 17.7 Å². The average Bonchev–Trinajstić information content (AvgIpc) is 1.53. The second-order valence-electron chi connectivity index (χ2n) is 31.2. The summed E-state index contributed by atoms with van der Waals surface area (Å²) in [6, 6.07) is 142. The molecule has 0 spiro atoms. The van der Waals surface area contributed by atoms with Crippen LogP contribution in [-0.2, 0) is 10.8 Å². The highest BCUT2D eigenvalue weighted by Gasteiger charge is 2.46. The molecule has 0 bridgehead atoms. The SMILES string of the molecule is CC1(C)c2cc(-c3ccccc3)ccc2-c2ccc(-c3cc(-c4ccc(-c5nc6ccccc6o5)cc4)cc(-c4ccc(-c5nc6ccccc6o5)cc4)c3)cc21.c1ccc(C2(c3ccccc3)c3ccccc3-c3ccc(-c4cc(-c5ccc(-c6nc7ccccc7o6)cc5)cc(-c5ccc(-c6nc7ccccc7o6)cc5)c4)cc32)cc1. The molecule has 118 heavy (non-hydrogen) atoms. The van der Waals surface area contributed by atoms with Gasteiger partial charge in [-0.2, -0.15) is 0 Å². The molecule has 0 unspecified atom stereocenters. The molecule has 17 aromatic carbocycles. The van der Waals surface area contributed by atoms with Crippen LogP contribution < -0.4 is 0 Å². The van der Waals surface area contributed by atoms with Gasteiger partial charge >= 0.3 is 0 Å². The average molecular weight is 1510 g/mol. The van der Waals surface area contributed by atoms with E-state index in [1.165, 1.54) is 72.3 Å². The van der Waals surface area contributed by atoms with Crippen molar-refractivity contribution in [2.45, 2.75) is 24.7 Å². The second-order valence-corrected chi connectivity index (χ2v) is 31.2. The molecule has 0 saturated carbocycles. The lowest BCUT2D eigenvalue weighted by molar-refractivity contribution is 0.619. The van der Waals surface area contributed by atoms with E-state index in [1.807, 2.05) is 97.1 Å². The molecule has 23 rings (SSSR count). The van der Waals surface area contributed by atoms with Crippen LogP contribution in [-0.4, -0.2) is 19.9 Å². The molecule has 2 aliphatic rings. The zero-order valence-corrected chi connectivity index (χ0v) is 64.5. The summed E-state index contributed by atoms with van der Waals surface area (Å²) in [4.78, 5) is 19.0. The van der Waals surface area contributed by atoms with Crippen molar-refractivity contribution >= 4 is 44.4 Å². The fraction of sp³-hybridized carbons (Fsp3) is 0.0364. The van der Waals surface area contributed by atoms with E-state index in [-0.39, 0.29) is 5.41 Å². The first kappa shape index (κ1) is 69.3. The summed E-state index contributed by atoms with van der Waals surface area (Å²) in [6.07, 6.45) is 0. The molecular formula is C110H72N4O4. The van der Waals surface area contributed by atoms with Gasteiger partial charge in [-0.3, -0.25) is 0 Å². The number of oxazole rings is 4. The van der Waals surface area contributed by atoms with E-state index in [4.69, 9.17) is 37.6 Å². The number of fused-ring (bicyclic) bond motifs is 10. The quantitative estimate of drug-likeness (QED) is 0.112. The minimum absolute atomic E-state index is 0.160. The maximum absolute atomic E-state index is 6.13. The predicted octanol–water partition coefficient (Wildman–Crippen LogP) is 28.9. The first-order valence-corrected chi connectivity index (χ1v) is 40.0. The third kappa shape index (κ3) is 12.2. The minimum atomic E-state index is -0.494. The van der Waals surface area contributed by atoms with Crippen molar-refractivity contribution < 1.29 is 17.7 Å². The van der Waals surface area contributed by atoms with Gasteiger partial charge in [0.25, 0.3) is 0 Å². The van der Waals surface area contributed by atoms with Gasteiger partial charge in [0.15, 0.2) is 22.3 Å². The van der Waals surface area contributed by atoms with Gasteiger partial charge in [-0.05, 0) is 285 Å². The maximum Gasteiger partial charge on any atom is 0.227 e. The zero-order valence-electron chi connectivity index (χ0n) is 64.5. The third-order valence-corrected chi connectivity index (χ3v) is 23.8. The van der Waals surface area contributed by atoms with Crippen molar-refractivity contribution in [3.8, 4) is 146 Å². The monoisotopic (exact) mass is 1510 g/mol. The summed E-state index contributed by atoms with van der Waals surface area (Å²) in [5.74, 6) is 2.46. The number of nitrogens with zero attached hydrogens (tertiary/aromatic N) is 4. The molecule has 0 fully saturated rings. The molecule has 8 heteroatoms. The Kier molecular flexibility index (Phi) is 16.6. The Labute approximate surface area is 682 Å². The summed E-state index contributed by atoms with van der Waals surface area (Å²) in [6.45, 7) is 4.71. The van der Waals surface area contributed by atoms with Gasteiger partial charge in [0, 0.05) is 27.7 Å². The van der Waals surface area contributed by atoms with Crippen LogP contribution in [0.5, 0.6) is 0 Å². The van der Waals surface area contributed by atoms with Gasteiger partial charge in [0.1, 0.15) is 22.1 Å². The molecule has 4 aromatic heterocycles. The van der Waals surface area contributed by atoms with Gasteiger partial charge in [0.05, 0.1) is 5.41 Å². The fourth-order valence-corrected chi connectivity index (χ4v) is 17.8. The Hall–Kier alpha value is -15.4. The van der Waals surface area contributed by atoms with Crippen LogP contribution >= 0.6 is 0 Å². The molecule has 2 aliphatic carbocycles. The summed E-state index contributed by atoms with van der Waals surface area (Å²) in [7, 11) is 0. The Morgan fingerprint density at radius 1 is 0.178 bits per heavy atom. The summed E-state index contributed by atoms with van der Waals surface area (Å²) in [5.41, 5.74) is 38.6. The van der Waals surface area contributed by atoms with Crippen LogP contribution in [0, 0.1) is 0 Å². The van der Waals surface area contributed by atoms with E-state index < -0.39 is 5.41 Å². The summed E-state index contributed by atoms with van der Waals surface area (Å²) in [5, 5.41) is 0. The largest absolute Gasteiger partial charge is 0.436 e. The number of aromatic nitrogens is 4. The van der Waals surface area contributed by atoms with Crippen molar-refractivity contribution in [3.63, 3.8) is 0 Å². The fourth-order valence-electron chi connectivity index (χ4n) is 17.8. The molecule has 0 saturated heterocycles. The first-order valence-electron chi connectivity index (χ1n) is 40.0. The van der Waals surface area contributed by atoms with Crippen molar-refractivity contribution in [1.82, 2.24) is 19.9 Å². The highest BCUT2D eigenvalue weighted by Crippen LogP contribution is 2.58. The Morgan fingerprint density at radius 2 is 0.415 bits per heavy atom. The van der Waals surface area contributed by atoms with Crippen molar-refractivity contribution in [2.75, 3.05) is 0 Å². The van der Waals surface area contributed by atoms with Crippen molar-refractivity contribution in [3.05, 3.63) is 434 Å². The van der Waals surface area contributed by atoms with Crippen LogP contribution in [0.3, 0.4) is 0 Å². The number of para-hydroxylation sites is 8. The molecule has 0 N–H and O–H groups in total. The lowest BCUT2D eigenvalue weighted by Crippen LogP contribution is -2.28. The van der Waals surface area contributed by atoms with E-state index >= 15 is 0 Å². The van der Waals surface area contributed by atoms with Gasteiger partial charge in [-0.25, -0.2) is 19.9 Å². The Morgan fingerprint density at radius 3 is 0.754 bits per heavy atom. The summed E-state index contributed by atoms with van der Waals surface area (Å²) >= 11 is 0. The molecule has 0 aliphatic heterocycles. The molecule has 0 radical (unpaired) electrons. The van der Waals surface area contributed by atoms with Crippen LogP contribution in [0.25, 0.3) is 190 Å². The third-order valence-electron chi connectivity index (χ3n) is 23.8. The Bertz CT molecular complexity index is 6980. The van der Waals surface area contributed by atoms with Crippen LogP contribution in [0.4, 0.5) is 0 Å². The number of benzene rings is 17. The highest BCUT2D eigenvalue weighted by molar-refractivity contribution is 5.93. The molecule has 556 valence electrons. The van der Waals surface area contributed by atoms with Crippen molar-refractivity contribution in [2.24, 2.45) is 0 Å². The van der Waals surface area contributed by atoms with Crippen LogP contribution in [0.1, 0.15) is 47.2 Å². The van der Waals surface area contributed by atoms with Crippen LogP contribution in [0.15, 0.2) is 418 Å². The zero-order chi connectivity index (χ0) is 78.4. The van der Waals surface area contributed by atoms with E-state index in [0.717, 1.165) is 128 Å². The van der Waals surface area contributed by atoms with E-state index in [1.54, 1.807) is 0 Å². The second kappa shape index (κ2) is 28.3. The van der Waals surface area contributed by atoms with Gasteiger partial charge in [0.2, 0.25) is 23.6 Å². The Balaban J connectivity index is 0.000000143. The van der Waals surface area contributed by atoms with Gasteiger partial charge in [-0.1, -0.05) is 263 Å². The number of hydrogen-bond acceptors (Lipinski definition) is 8. The topological polar surface area (TPSA) is 104 Å². The smallest absolute Gasteiger partial charge is 0.227 e. The normalized spacial score (nSPS) is 12.8. The number of hydrogen-bond donors (Lipinski definition) is 0. The lowest BCUT2D eigenvalue weighted by atomic mass is 9.67.